The summed E-state index contributed by atoms with van der Waals surface area (Å²) < 4.78 is 2.07. The van der Waals surface area contributed by atoms with Crippen molar-refractivity contribution in [2.24, 2.45) is 0 Å². The highest BCUT2D eigenvalue weighted by Gasteiger charge is 2.35. The Morgan fingerprint density at radius 1 is 1.21 bits per heavy atom. The molecule has 1 aromatic heterocycles. The maximum absolute atomic E-state index is 13.1. The first kappa shape index (κ1) is 16.3. The van der Waals surface area contributed by atoms with Crippen molar-refractivity contribution in [3.05, 3.63) is 58.4 Å². The first-order valence-electron chi connectivity index (χ1n) is 8.21. The minimum absolute atomic E-state index is 0.204. The smallest absolute Gasteiger partial charge is 0.326 e. The van der Waals surface area contributed by atoms with Crippen LogP contribution < -0.4 is 0 Å². The monoisotopic (exact) mass is 326 g/mol. The zero-order valence-electron chi connectivity index (χ0n) is 14.2. The van der Waals surface area contributed by atoms with Crippen LogP contribution in [0.25, 0.3) is 0 Å². The fourth-order valence-corrected chi connectivity index (χ4v) is 3.62. The molecule has 1 atom stereocenters. The number of aryl methyl sites for hydroxylation is 1. The Morgan fingerprint density at radius 3 is 2.46 bits per heavy atom. The Labute approximate surface area is 141 Å². The number of aromatic nitrogens is 1. The van der Waals surface area contributed by atoms with Gasteiger partial charge in [0.25, 0.3) is 5.91 Å². The topological polar surface area (TPSA) is 62.5 Å². The summed E-state index contributed by atoms with van der Waals surface area (Å²) in [6.07, 6.45) is 0.351. The van der Waals surface area contributed by atoms with Gasteiger partial charge in [0.05, 0.1) is 5.56 Å². The highest BCUT2D eigenvalue weighted by molar-refractivity contribution is 5.98. The van der Waals surface area contributed by atoms with Crippen molar-refractivity contribution in [2.45, 2.75) is 46.3 Å². The van der Waals surface area contributed by atoms with Crippen LogP contribution in [0.1, 0.15) is 39.8 Å². The highest BCUT2D eigenvalue weighted by atomic mass is 16.4. The quantitative estimate of drug-likeness (QED) is 0.943. The van der Waals surface area contributed by atoms with E-state index < -0.39 is 12.0 Å². The lowest BCUT2D eigenvalue weighted by Crippen LogP contribution is -2.48. The molecule has 2 aromatic rings. The molecule has 5 heteroatoms. The van der Waals surface area contributed by atoms with E-state index in [1.54, 1.807) is 0 Å². The first-order chi connectivity index (χ1) is 11.4. The first-order valence-corrected chi connectivity index (χ1v) is 8.21. The van der Waals surface area contributed by atoms with Crippen LogP contribution in [0.15, 0.2) is 30.3 Å². The summed E-state index contributed by atoms with van der Waals surface area (Å²) in [5.74, 6) is -1.16. The molecule has 24 heavy (non-hydrogen) atoms. The molecule has 0 fully saturated rings. The zero-order valence-corrected chi connectivity index (χ0v) is 14.2. The Balaban J connectivity index is 2.00. The number of carbonyl (C=O) groups excluding carboxylic acids is 1. The average molecular weight is 326 g/mol. The number of rotatable bonds is 3. The van der Waals surface area contributed by atoms with Gasteiger partial charge in [-0.3, -0.25) is 4.79 Å². The molecular formula is C19H22N2O3. The summed E-state index contributed by atoms with van der Waals surface area (Å²) in [6.45, 7) is 7.04. The molecule has 3 rings (SSSR count). The van der Waals surface area contributed by atoms with Crippen molar-refractivity contribution in [2.75, 3.05) is 0 Å². The van der Waals surface area contributed by atoms with E-state index in [9.17, 15) is 14.7 Å². The molecule has 5 nitrogen and oxygen atoms in total. The number of fused-ring (bicyclic) bond motifs is 1. The van der Waals surface area contributed by atoms with E-state index in [1.807, 2.05) is 51.1 Å². The number of nitrogens with zero attached hydrogens (tertiary/aromatic N) is 2. The van der Waals surface area contributed by atoms with E-state index in [-0.39, 0.29) is 5.91 Å². The van der Waals surface area contributed by atoms with Gasteiger partial charge in [-0.15, -0.1) is 0 Å². The van der Waals surface area contributed by atoms with Crippen LogP contribution >= 0.6 is 0 Å². The second kappa shape index (κ2) is 6.15. The number of carboxylic acids is 1. The van der Waals surface area contributed by atoms with Crippen molar-refractivity contribution >= 4 is 11.9 Å². The second-order valence-electron chi connectivity index (χ2n) is 6.29. The Kier molecular flexibility index (Phi) is 4.18. The van der Waals surface area contributed by atoms with Gasteiger partial charge in [-0.2, -0.15) is 0 Å². The molecule has 1 unspecified atom stereocenters. The minimum Gasteiger partial charge on any atom is -0.480 e. The lowest BCUT2D eigenvalue weighted by atomic mass is 9.93. The van der Waals surface area contributed by atoms with Crippen LogP contribution in [0.4, 0.5) is 0 Å². The fourth-order valence-electron chi connectivity index (χ4n) is 3.62. The lowest BCUT2D eigenvalue weighted by Gasteiger charge is -2.34. The average Bonchev–Trinajstić information content (AvgIpc) is 2.86. The minimum atomic E-state index is -0.956. The summed E-state index contributed by atoms with van der Waals surface area (Å²) in [5.41, 5.74) is 4.53. The molecule has 0 aliphatic carbocycles. The van der Waals surface area contributed by atoms with Gasteiger partial charge in [-0.25, -0.2) is 4.79 Å². The molecule has 126 valence electrons. The standard InChI is InChI=1S/C19H22N2O3/c1-4-20-12(2)9-16(13(20)3)18(22)21-11-15-8-6-5-7-14(15)10-17(21)19(23)24/h5-9,17H,4,10-11H2,1-3H3,(H,23,24). The van der Waals surface area contributed by atoms with Gasteiger partial charge in [0.15, 0.2) is 0 Å². The van der Waals surface area contributed by atoms with Gasteiger partial charge in [0, 0.05) is 30.9 Å². The van der Waals surface area contributed by atoms with Crippen LogP contribution in [0, 0.1) is 13.8 Å². The number of hydrogen-bond donors (Lipinski definition) is 1. The van der Waals surface area contributed by atoms with Crippen molar-refractivity contribution in [3.63, 3.8) is 0 Å². The second-order valence-corrected chi connectivity index (χ2v) is 6.29. The number of amides is 1. The van der Waals surface area contributed by atoms with Gasteiger partial charge in [-0.1, -0.05) is 24.3 Å². The Hall–Kier alpha value is -2.56. The van der Waals surface area contributed by atoms with E-state index in [2.05, 4.69) is 4.57 Å². The van der Waals surface area contributed by atoms with Crippen LogP contribution in [0.3, 0.4) is 0 Å². The molecule has 0 bridgehead atoms. The summed E-state index contributed by atoms with van der Waals surface area (Å²) in [5, 5.41) is 9.61. The molecule has 1 aliphatic rings. The largest absolute Gasteiger partial charge is 0.480 e. The molecule has 1 amide bonds. The van der Waals surface area contributed by atoms with Gasteiger partial charge < -0.3 is 14.6 Å². The van der Waals surface area contributed by atoms with E-state index >= 15 is 0 Å². The van der Waals surface area contributed by atoms with Gasteiger partial charge in [0.2, 0.25) is 0 Å². The number of aliphatic carboxylic acids is 1. The maximum Gasteiger partial charge on any atom is 0.326 e. The third-order valence-electron chi connectivity index (χ3n) is 4.91. The van der Waals surface area contributed by atoms with Crippen LogP contribution in [0.5, 0.6) is 0 Å². The molecule has 2 heterocycles. The maximum atomic E-state index is 13.1. The van der Waals surface area contributed by atoms with Crippen molar-refractivity contribution in [1.82, 2.24) is 9.47 Å². The van der Waals surface area contributed by atoms with E-state index in [0.717, 1.165) is 29.1 Å². The fraction of sp³-hybridized carbons (Fsp3) is 0.368. The molecule has 1 aromatic carbocycles. The molecule has 1 N–H and O–H groups in total. The summed E-state index contributed by atoms with van der Waals surface area (Å²) >= 11 is 0. The normalized spacial score (nSPS) is 16.8. The van der Waals surface area contributed by atoms with E-state index in [4.69, 9.17) is 0 Å². The van der Waals surface area contributed by atoms with Crippen LogP contribution in [-0.4, -0.2) is 32.5 Å². The number of benzene rings is 1. The van der Waals surface area contributed by atoms with E-state index in [0.29, 0.717) is 18.5 Å². The van der Waals surface area contributed by atoms with Gasteiger partial charge >= 0.3 is 5.97 Å². The Morgan fingerprint density at radius 2 is 1.88 bits per heavy atom. The lowest BCUT2D eigenvalue weighted by molar-refractivity contribution is -0.142. The van der Waals surface area contributed by atoms with Crippen LogP contribution in [-0.2, 0) is 24.3 Å². The van der Waals surface area contributed by atoms with Crippen molar-refractivity contribution in [3.8, 4) is 0 Å². The molecule has 0 spiro atoms. The Bertz CT molecular complexity index is 807. The number of hydrogen-bond acceptors (Lipinski definition) is 2. The molecule has 0 saturated carbocycles. The third kappa shape index (κ3) is 2.60. The third-order valence-corrected chi connectivity index (χ3v) is 4.91. The molecule has 0 radical (unpaired) electrons. The van der Waals surface area contributed by atoms with E-state index in [1.165, 1.54) is 4.90 Å². The number of carboxylic acid groups (broad SMARTS) is 1. The summed E-state index contributed by atoms with van der Waals surface area (Å²) in [7, 11) is 0. The predicted octanol–water partition coefficient (Wildman–Crippen LogP) is 2.78. The van der Waals surface area contributed by atoms with Crippen LogP contribution in [0.2, 0.25) is 0 Å². The van der Waals surface area contributed by atoms with Gasteiger partial charge in [-0.05, 0) is 38.0 Å². The number of carbonyl (C=O) groups is 2. The SMILES string of the molecule is CCn1c(C)cc(C(=O)N2Cc3ccccc3CC2C(=O)O)c1C. The molecule has 0 saturated heterocycles. The highest BCUT2D eigenvalue weighted by Crippen LogP contribution is 2.27. The zero-order chi connectivity index (χ0) is 17.4. The van der Waals surface area contributed by atoms with Crippen molar-refractivity contribution in [1.29, 1.82) is 0 Å². The van der Waals surface area contributed by atoms with Crippen molar-refractivity contribution < 1.29 is 14.7 Å². The van der Waals surface area contributed by atoms with Gasteiger partial charge in [0.1, 0.15) is 6.04 Å². The molecule has 1 aliphatic heterocycles. The predicted molar refractivity (Wildman–Crippen MR) is 91.0 cm³/mol. The molecular weight excluding hydrogens is 304 g/mol. The summed E-state index contributed by atoms with van der Waals surface area (Å²) in [6, 6.07) is 8.77. The summed E-state index contributed by atoms with van der Waals surface area (Å²) in [4.78, 5) is 26.3.